The Morgan fingerprint density at radius 1 is 1.31 bits per heavy atom. The molecule has 2 rings (SSSR count). The van der Waals surface area contributed by atoms with Crippen LogP contribution in [-0.2, 0) is 6.54 Å². The zero-order valence-electron chi connectivity index (χ0n) is 9.83. The van der Waals surface area contributed by atoms with Crippen molar-refractivity contribution >= 4 is 10.9 Å². The third-order valence-electron chi connectivity index (χ3n) is 3.08. The van der Waals surface area contributed by atoms with Crippen LogP contribution in [0.4, 0.5) is 0 Å². The predicted octanol–water partition coefficient (Wildman–Crippen LogP) is 3.62. The smallest absolute Gasteiger partial charge is 0.102 e. The van der Waals surface area contributed by atoms with Crippen molar-refractivity contribution in [1.82, 2.24) is 4.57 Å². The van der Waals surface area contributed by atoms with Crippen LogP contribution in [0, 0.1) is 18.3 Å². The van der Waals surface area contributed by atoms with E-state index < -0.39 is 0 Å². The average molecular weight is 212 g/mol. The molecule has 0 N–H and O–H groups in total. The van der Waals surface area contributed by atoms with Gasteiger partial charge in [-0.1, -0.05) is 31.5 Å². The summed E-state index contributed by atoms with van der Waals surface area (Å²) in [6, 6.07) is 10.5. The van der Waals surface area contributed by atoms with E-state index in [0.29, 0.717) is 0 Å². The highest BCUT2D eigenvalue weighted by molar-refractivity contribution is 5.87. The van der Waals surface area contributed by atoms with Gasteiger partial charge in [-0.2, -0.15) is 5.26 Å². The lowest BCUT2D eigenvalue weighted by atomic mass is 10.1. The molecule has 0 radical (unpaired) electrons. The number of hydrogen-bond donors (Lipinski definition) is 0. The fourth-order valence-electron chi connectivity index (χ4n) is 2.18. The van der Waals surface area contributed by atoms with Crippen molar-refractivity contribution in [3.8, 4) is 6.07 Å². The van der Waals surface area contributed by atoms with E-state index in [4.69, 9.17) is 0 Å². The molecule has 82 valence electrons. The van der Waals surface area contributed by atoms with Crippen molar-refractivity contribution in [2.45, 2.75) is 33.2 Å². The van der Waals surface area contributed by atoms with E-state index in [0.717, 1.165) is 29.6 Å². The van der Waals surface area contributed by atoms with E-state index in [9.17, 15) is 5.26 Å². The standard InChI is InChI=1S/C14H16N2/c1-3-4-9-16-11(2)13(10-15)12-7-5-6-8-14(12)16/h5-8H,3-4,9H2,1-2H3. The summed E-state index contributed by atoms with van der Waals surface area (Å²) in [5.74, 6) is 0. The molecule has 0 aliphatic carbocycles. The first kappa shape index (κ1) is 10.8. The van der Waals surface area contributed by atoms with Crippen molar-refractivity contribution < 1.29 is 0 Å². The van der Waals surface area contributed by atoms with E-state index in [2.05, 4.69) is 23.6 Å². The van der Waals surface area contributed by atoms with Crippen LogP contribution in [0.5, 0.6) is 0 Å². The lowest BCUT2D eigenvalue weighted by Crippen LogP contribution is -1.99. The second kappa shape index (κ2) is 4.40. The van der Waals surface area contributed by atoms with Crippen LogP contribution >= 0.6 is 0 Å². The molecule has 2 nitrogen and oxygen atoms in total. The van der Waals surface area contributed by atoms with Crippen LogP contribution < -0.4 is 0 Å². The van der Waals surface area contributed by atoms with Gasteiger partial charge in [0.15, 0.2) is 0 Å². The summed E-state index contributed by atoms with van der Waals surface area (Å²) in [6.07, 6.45) is 2.33. The molecule has 16 heavy (non-hydrogen) atoms. The van der Waals surface area contributed by atoms with Crippen LogP contribution in [0.25, 0.3) is 10.9 Å². The molecule has 0 unspecified atom stereocenters. The summed E-state index contributed by atoms with van der Waals surface area (Å²) in [4.78, 5) is 0. The number of benzene rings is 1. The lowest BCUT2D eigenvalue weighted by molar-refractivity contribution is 0.637. The third kappa shape index (κ3) is 1.59. The highest BCUT2D eigenvalue weighted by atomic mass is 15.0. The van der Waals surface area contributed by atoms with Gasteiger partial charge in [0.2, 0.25) is 0 Å². The van der Waals surface area contributed by atoms with Crippen LogP contribution in [-0.4, -0.2) is 4.57 Å². The monoisotopic (exact) mass is 212 g/mol. The number of rotatable bonds is 3. The van der Waals surface area contributed by atoms with E-state index in [-0.39, 0.29) is 0 Å². The summed E-state index contributed by atoms with van der Waals surface area (Å²) >= 11 is 0. The fourth-order valence-corrected chi connectivity index (χ4v) is 2.18. The van der Waals surface area contributed by atoms with Crippen LogP contribution in [0.1, 0.15) is 31.0 Å². The number of aromatic nitrogens is 1. The average Bonchev–Trinajstić information content (AvgIpc) is 2.58. The van der Waals surface area contributed by atoms with Gasteiger partial charge < -0.3 is 4.57 Å². The SMILES string of the molecule is CCCCn1c(C)c(C#N)c2ccccc21. The first-order valence-corrected chi connectivity index (χ1v) is 5.77. The Hall–Kier alpha value is -1.75. The Morgan fingerprint density at radius 2 is 2.06 bits per heavy atom. The molecule has 0 atom stereocenters. The molecule has 0 saturated carbocycles. The minimum Gasteiger partial charge on any atom is -0.344 e. The normalized spacial score (nSPS) is 10.6. The summed E-state index contributed by atoms with van der Waals surface area (Å²) < 4.78 is 2.26. The maximum atomic E-state index is 9.19. The minimum atomic E-state index is 0.826. The number of unbranched alkanes of at least 4 members (excludes halogenated alkanes) is 1. The molecule has 0 bridgehead atoms. The Balaban J connectivity index is 2.64. The zero-order valence-corrected chi connectivity index (χ0v) is 9.83. The maximum Gasteiger partial charge on any atom is 0.102 e. The lowest BCUT2D eigenvalue weighted by Gasteiger charge is -2.06. The molecule has 1 aromatic heterocycles. The quantitative estimate of drug-likeness (QED) is 0.763. The molecule has 0 amide bonds. The number of nitrogens with zero attached hydrogens (tertiary/aromatic N) is 2. The van der Waals surface area contributed by atoms with Gasteiger partial charge in [0, 0.05) is 23.1 Å². The van der Waals surface area contributed by atoms with Crippen LogP contribution in [0.3, 0.4) is 0 Å². The van der Waals surface area contributed by atoms with E-state index >= 15 is 0 Å². The summed E-state index contributed by atoms with van der Waals surface area (Å²) in [5, 5.41) is 10.3. The third-order valence-corrected chi connectivity index (χ3v) is 3.08. The fraction of sp³-hybridized carbons (Fsp3) is 0.357. The molecule has 1 heterocycles. The van der Waals surface area contributed by atoms with Gasteiger partial charge in [-0.25, -0.2) is 0 Å². The summed E-state index contributed by atoms with van der Waals surface area (Å²) in [5.41, 5.74) is 3.11. The van der Waals surface area contributed by atoms with Gasteiger partial charge in [-0.15, -0.1) is 0 Å². The first-order chi connectivity index (χ1) is 7.79. The highest BCUT2D eigenvalue weighted by Gasteiger charge is 2.12. The second-order valence-corrected chi connectivity index (χ2v) is 4.09. The van der Waals surface area contributed by atoms with Gasteiger partial charge in [0.25, 0.3) is 0 Å². The number of nitriles is 1. The Kier molecular flexibility index (Phi) is 2.96. The topological polar surface area (TPSA) is 28.7 Å². The predicted molar refractivity (Wildman–Crippen MR) is 66.3 cm³/mol. The largest absolute Gasteiger partial charge is 0.344 e. The molecular weight excluding hydrogens is 196 g/mol. The summed E-state index contributed by atoms with van der Waals surface area (Å²) in [7, 11) is 0. The van der Waals surface area contributed by atoms with Gasteiger partial charge in [0.1, 0.15) is 6.07 Å². The number of fused-ring (bicyclic) bond motifs is 1. The molecule has 2 heteroatoms. The van der Waals surface area contributed by atoms with Crippen LogP contribution in [0.2, 0.25) is 0 Å². The van der Waals surface area contributed by atoms with Crippen molar-refractivity contribution in [1.29, 1.82) is 5.26 Å². The first-order valence-electron chi connectivity index (χ1n) is 5.77. The van der Waals surface area contributed by atoms with Crippen molar-refractivity contribution in [2.24, 2.45) is 0 Å². The molecule has 0 aliphatic rings. The molecule has 1 aromatic carbocycles. The number of aryl methyl sites for hydroxylation is 1. The van der Waals surface area contributed by atoms with Crippen molar-refractivity contribution in [3.05, 3.63) is 35.5 Å². The minimum absolute atomic E-state index is 0.826. The second-order valence-electron chi connectivity index (χ2n) is 4.09. The van der Waals surface area contributed by atoms with Gasteiger partial charge >= 0.3 is 0 Å². The van der Waals surface area contributed by atoms with Crippen molar-refractivity contribution in [2.75, 3.05) is 0 Å². The zero-order chi connectivity index (χ0) is 11.5. The Labute approximate surface area is 96.1 Å². The number of hydrogen-bond acceptors (Lipinski definition) is 1. The molecule has 0 spiro atoms. The molecule has 2 aromatic rings. The molecule has 0 saturated heterocycles. The summed E-state index contributed by atoms with van der Waals surface area (Å²) in [6.45, 7) is 5.23. The van der Waals surface area contributed by atoms with Crippen LogP contribution in [0.15, 0.2) is 24.3 Å². The molecule has 0 fully saturated rings. The van der Waals surface area contributed by atoms with Gasteiger partial charge in [-0.3, -0.25) is 0 Å². The Bertz CT molecular complexity index is 544. The van der Waals surface area contributed by atoms with E-state index in [1.165, 1.54) is 11.9 Å². The van der Waals surface area contributed by atoms with E-state index in [1.807, 2.05) is 25.1 Å². The Morgan fingerprint density at radius 3 is 2.75 bits per heavy atom. The molecular formula is C14H16N2. The number of para-hydroxylation sites is 1. The highest BCUT2D eigenvalue weighted by Crippen LogP contribution is 2.25. The molecule has 0 aliphatic heterocycles. The van der Waals surface area contributed by atoms with Crippen molar-refractivity contribution in [3.63, 3.8) is 0 Å². The van der Waals surface area contributed by atoms with Gasteiger partial charge in [0.05, 0.1) is 5.56 Å². The van der Waals surface area contributed by atoms with E-state index in [1.54, 1.807) is 0 Å². The van der Waals surface area contributed by atoms with Gasteiger partial charge in [-0.05, 0) is 19.4 Å². The maximum absolute atomic E-state index is 9.19.